The molecule has 2 rings (SSSR count). The Bertz CT molecular complexity index is 245. The summed E-state index contributed by atoms with van der Waals surface area (Å²) in [5.74, 6) is 0.740. The van der Waals surface area contributed by atoms with Gasteiger partial charge in [-0.2, -0.15) is 0 Å². The number of hydrogen-bond donors (Lipinski definition) is 2. The number of hydrogen-bond acceptors (Lipinski definition) is 3. The van der Waals surface area contributed by atoms with Gasteiger partial charge in [0.2, 0.25) is 5.91 Å². The third-order valence-electron chi connectivity index (χ3n) is 3.70. The molecule has 0 aromatic carbocycles. The largest absolute Gasteiger partial charge is 0.396 e. The van der Waals surface area contributed by atoms with E-state index in [1.165, 1.54) is 0 Å². The fourth-order valence-electron chi connectivity index (χ4n) is 2.61. The third kappa shape index (κ3) is 2.16. The highest BCUT2D eigenvalue weighted by molar-refractivity contribution is 5.80. The first-order valence-electron chi connectivity index (χ1n) is 5.85. The third-order valence-corrected chi connectivity index (χ3v) is 3.70. The number of rotatable bonds is 2. The number of nitrogens with zero attached hydrogens (tertiary/aromatic N) is 1. The highest BCUT2D eigenvalue weighted by Gasteiger charge is 2.35. The molecule has 3 unspecified atom stereocenters. The van der Waals surface area contributed by atoms with Crippen LogP contribution in [0.15, 0.2) is 0 Å². The Morgan fingerprint density at radius 3 is 2.87 bits per heavy atom. The summed E-state index contributed by atoms with van der Waals surface area (Å²) in [4.78, 5) is 14.0. The molecule has 2 saturated heterocycles. The van der Waals surface area contributed by atoms with Crippen LogP contribution in [0, 0.1) is 11.8 Å². The average molecular weight is 212 g/mol. The molecule has 4 nitrogen and oxygen atoms in total. The number of likely N-dealkylation sites (tertiary alicyclic amines) is 1. The fraction of sp³-hybridized carbons (Fsp3) is 0.909. The molecule has 2 fully saturated rings. The molecule has 0 aromatic heterocycles. The molecule has 0 saturated carbocycles. The number of amides is 1. The topological polar surface area (TPSA) is 52.6 Å². The van der Waals surface area contributed by atoms with Gasteiger partial charge in [-0.05, 0) is 26.3 Å². The average Bonchev–Trinajstić information content (AvgIpc) is 2.84. The molecule has 2 N–H and O–H groups in total. The number of carbonyl (C=O) groups excluding carboxylic acids is 1. The Hall–Kier alpha value is -0.610. The zero-order valence-electron chi connectivity index (χ0n) is 9.28. The number of aliphatic hydroxyl groups excluding tert-OH is 1. The first-order valence-corrected chi connectivity index (χ1v) is 5.85. The van der Waals surface area contributed by atoms with Crippen LogP contribution in [0.3, 0.4) is 0 Å². The van der Waals surface area contributed by atoms with Crippen LogP contribution in [-0.4, -0.2) is 48.2 Å². The van der Waals surface area contributed by atoms with Gasteiger partial charge in [0.1, 0.15) is 0 Å². The quantitative estimate of drug-likeness (QED) is 0.668. The molecule has 15 heavy (non-hydrogen) atoms. The Morgan fingerprint density at radius 1 is 1.53 bits per heavy atom. The van der Waals surface area contributed by atoms with E-state index >= 15 is 0 Å². The van der Waals surface area contributed by atoms with Gasteiger partial charge in [0.05, 0.1) is 5.92 Å². The summed E-state index contributed by atoms with van der Waals surface area (Å²) >= 11 is 0. The van der Waals surface area contributed by atoms with Crippen LogP contribution in [0.2, 0.25) is 0 Å². The predicted octanol–water partition coefficient (Wildman–Crippen LogP) is -0.175. The van der Waals surface area contributed by atoms with Crippen molar-refractivity contribution in [2.45, 2.75) is 25.8 Å². The van der Waals surface area contributed by atoms with Crippen LogP contribution in [0.4, 0.5) is 0 Å². The monoisotopic (exact) mass is 212 g/mol. The highest BCUT2D eigenvalue weighted by Crippen LogP contribution is 2.23. The Morgan fingerprint density at radius 2 is 2.33 bits per heavy atom. The molecule has 0 radical (unpaired) electrons. The zero-order chi connectivity index (χ0) is 10.8. The van der Waals surface area contributed by atoms with Crippen molar-refractivity contribution >= 4 is 5.91 Å². The van der Waals surface area contributed by atoms with Gasteiger partial charge in [0, 0.05) is 31.7 Å². The molecular formula is C11H20N2O2. The van der Waals surface area contributed by atoms with Crippen molar-refractivity contribution in [2.75, 3.05) is 26.2 Å². The zero-order valence-corrected chi connectivity index (χ0v) is 9.28. The second-order valence-electron chi connectivity index (χ2n) is 4.76. The normalized spacial score (nSPS) is 36.1. The summed E-state index contributed by atoms with van der Waals surface area (Å²) in [6, 6.07) is 0.311. The summed E-state index contributed by atoms with van der Waals surface area (Å²) in [7, 11) is 0. The second-order valence-corrected chi connectivity index (χ2v) is 4.76. The van der Waals surface area contributed by atoms with Gasteiger partial charge in [-0.25, -0.2) is 0 Å². The molecule has 2 aliphatic heterocycles. The molecule has 0 spiro atoms. The van der Waals surface area contributed by atoms with E-state index in [1.807, 2.05) is 4.90 Å². The molecule has 0 bridgehead atoms. The lowest BCUT2D eigenvalue weighted by molar-refractivity contribution is -0.134. The van der Waals surface area contributed by atoms with Gasteiger partial charge in [0.25, 0.3) is 0 Å². The van der Waals surface area contributed by atoms with E-state index in [4.69, 9.17) is 5.11 Å². The molecule has 2 aliphatic rings. The van der Waals surface area contributed by atoms with Crippen molar-refractivity contribution in [3.8, 4) is 0 Å². The van der Waals surface area contributed by atoms with Crippen molar-refractivity contribution < 1.29 is 9.90 Å². The van der Waals surface area contributed by atoms with Gasteiger partial charge in [-0.15, -0.1) is 0 Å². The molecule has 0 aliphatic carbocycles. The lowest BCUT2D eigenvalue weighted by Crippen LogP contribution is -2.39. The first-order chi connectivity index (χ1) is 7.22. The first kappa shape index (κ1) is 10.9. The molecule has 1 amide bonds. The summed E-state index contributed by atoms with van der Waals surface area (Å²) in [5.41, 5.74) is 0. The molecule has 86 valence electrons. The van der Waals surface area contributed by atoms with Gasteiger partial charge >= 0.3 is 0 Å². The van der Waals surface area contributed by atoms with Crippen molar-refractivity contribution in [3.05, 3.63) is 0 Å². The maximum Gasteiger partial charge on any atom is 0.227 e. The molecule has 2 heterocycles. The van der Waals surface area contributed by atoms with Gasteiger partial charge in [-0.1, -0.05) is 0 Å². The van der Waals surface area contributed by atoms with Gasteiger partial charge in [-0.3, -0.25) is 4.79 Å². The van der Waals surface area contributed by atoms with Crippen molar-refractivity contribution in [1.29, 1.82) is 0 Å². The fourth-order valence-corrected chi connectivity index (χ4v) is 2.61. The smallest absolute Gasteiger partial charge is 0.227 e. The summed E-state index contributed by atoms with van der Waals surface area (Å²) in [5, 5.41) is 12.3. The van der Waals surface area contributed by atoms with Gasteiger partial charge < -0.3 is 15.3 Å². The SMILES string of the molecule is CC1NCCC1C(=O)N1CCC(CO)C1. The summed E-state index contributed by atoms with van der Waals surface area (Å²) in [6.45, 7) is 4.82. The van der Waals surface area contributed by atoms with E-state index in [1.54, 1.807) is 0 Å². The van der Waals surface area contributed by atoms with E-state index in [0.717, 1.165) is 32.5 Å². The van der Waals surface area contributed by atoms with Gasteiger partial charge in [0.15, 0.2) is 0 Å². The lowest BCUT2D eigenvalue weighted by Gasteiger charge is -2.22. The van der Waals surface area contributed by atoms with E-state index in [-0.39, 0.29) is 18.4 Å². The number of carbonyl (C=O) groups is 1. The Balaban J connectivity index is 1.91. The summed E-state index contributed by atoms with van der Waals surface area (Å²) < 4.78 is 0. The van der Waals surface area contributed by atoms with Crippen LogP contribution in [-0.2, 0) is 4.79 Å². The predicted molar refractivity (Wildman–Crippen MR) is 57.3 cm³/mol. The molecule has 4 heteroatoms. The Labute approximate surface area is 90.6 Å². The summed E-state index contributed by atoms with van der Waals surface area (Å²) in [6.07, 6.45) is 1.91. The van der Waals surface area contributed by atoms with E-state index in [9.17, 15) is 4.79 Å². The lowest BCUT2D eigenvalue weighted by atomic mass is 10.0. The van der Waals surface area contributed by atoms with E-state index < -0.39 is 0 Å². The number of nitrogens with one attached hydrogen (secondary N) is 1. The van der Waals surface area contributed by atoms with Crippen LogP contribution in [0.1, 0.15) is 19.8 Å². The van der Waals surface area contributed by atoms with Crippen molar-refractivity contribution in [2.24, 2.45) is 11.8 Å². The van der Waals surface area contributed by atoms with Crippen LogP contribution < -0.4 is 5.32 Å². The highest BCUT2D eigenvalue weighted by atomic mass is 16.3. The minimum Gasteiger partial charge on any atom is -0.396 e. The maximum atomic E-state index is 12.1. The Kier molecular flexibility index (Phi) is 3.26. The standard InChI is InChI=1S/C11H20N2O2/c1-8-10(2-4-12-8)11(15)13-5-3-9(6-13)7-14/h8-10,12,14H,2-7H2,1H3. The molecule has 0 aromatic rings. The maximum absolute atomic E-state index is 12.1. The minimum absolute atomic E-state index is 0.155. The van der Waals surface area contributed by atoms with Crippen LogP contribution in [0.5, 0.6) is 0 Å². The number of aliphatic hydroxyl groups is 1. The molecular weight excluding hydrogens is 192 g/mol. The van der Waals surface area contributed by atoms with Crippen molar-refractivity contribution in [3.63, 3.8) is 0 Å². The van der Waals surface area contributed by atoms with E-state index in [0.29, 0.717) is 12.0 Å². The molecule has 3 atom stereocenters. The van der Waals surface area contributed by atoms with Crippen molar-refractivity contribution in [1.82, 2.24) is 10.2 Å². The van der Waals surface area contributed by atoms with Crippen LogP contribution in [0.25, 0.3) is 0 Å². The van der Waals surface area contributed by atoms with Crippen LogP contribution >= 0.6 is 0 Å². The van der Waals surface area contributed by atoms with E-state index in [2.05, 4.69) is 12.2 Å². The second kappa shape index (κ2) is 4.49. The minimum atomic E-state index is 0.155.